The van der Waals surface area contributed by atoms with E-state index in [0.29, 0.717) is 34.9 Å². The van der Waals surface area contributed by atoms with Crippen molar-refractivity contribution in [3.63, 3.8) is 0 Å². The number of halogens is 1. The lowest BCUT2D eigenvalue weighted by atomic mass is 10.0. The molecule has 0 saturated carbocycles. The van der Waals surface area contributed by atoms with Gasteiger partial charge in [0, 0.05) is 11.1 Å². The number of carbonyl (C=O) groups is 1. The number of ketones is 1. The molecule has 0 fully saturated rings. The molecule has 0 aliphatic heterocycles. The van der Waals surface area contributed by atoms with Gasteiger partial charge in [-0.15, -0.1) is 0 Å². The van der Waals surface area contributed by atoms with Gasteiger partial charge >= 0.3 is 0 Å². The number of carbonyl (C=O) groups excluding carboxylic acids is 1. The summed E-state index contributed by atoms with van der Waals surface area (Å²) in [6.07, 6.45) is 0. The van der Waals surface area contributed by atoms with Crippen LogP contribution in [-0.2, 0) is 0 Å². The third-order valence-electron chi connectivity index (χ3n) is 2.99. The van der Waals surface area contributed by atoms with Crippen LogP contribution >= 0.6 is 15.9 Å². The van der Waals surface area contributed by atoms with E-state index in [4.69, 9.17) is 15.2 Å². The molecule has 0 aliphatic carbocycles. The predicted octanol–water partition coefficient (Wildman–Crippen LogP) is 3.67. The molecular formula is C16H16BrNO3. The number of ether oxygens (including phenoxy) is 2. The van der Waals surface area contributed by atoms with E-state index in [9.17, 15) is 4.79 Å². The Hall–Kier alpha value is -2.01. The number of methoxy groups -OCH3 is 1. The Morgan fingerprint density at radius 1 is 1.14 bits per heavy atom. The monoisotopic (exact) mass is 349 g/mol. The molecule has 0 spiro atoms. The van der Waals surface area contributed by atoms with Gasteiger partial charge in [-0.2, -0.15) is 0 Å². The van der Waals surface area contributed by atoms with Crippen LogP contribution in [0.5, 0.6) is 11.5 Å². The van der Waals surface area contributed by atoms with Gasteiger partial charge < -0.3 is 15.2 Å². The van der Waals surface area contributed by atoms with Crippen molar-refractivity contribution in [2.75, 3.05) is 19.5 Å². The minimum absolute atomic E-state index is 0.1000. The van der Waals surface area contributed by atoms with E-state index in [0.717, 1.165) is 4.47 Å². The fraction of sp³-hybridized carbons (Fsp3) is 0.188. The first-order valence-electron chi connectivity index (χ1n) is 6.47. The van der Waals surface area contributed by atoms with Crippen molar-refractivity contribution in [3.8, 4) is 11.5 Å². The average molecular weight is 350 g/mol. The molecular weight excluding hydrogens is 334 g/mol. The number of anilines is 1. The van der Waals surface area contributed by atoms with E-state index >= 15 is 0 Å². The minimum atomic E-state index is -0.1000. The fourth-order valence-electron chi connectivity index (χ4n) is 1.93. The maximum Gasteiger partial charge on any atom is 0.193 e. The Bertz CT molecular complexity index is 671. The maximum atomic E-state index is 12.5. The van der Waals surface area contributed by atoms with Crippen molar-refractivity contribution < 1.29 is 14.3 Å². The molecule has 2 aromatic carbocycles. The molecule has 110 valence electrons. The first-order chi connectivity index (χ1) is 10.1. The summed E-state index contributed by atoms with van der Waals surface area (Å²) in [6, 6.07) is 10.2. The Morgan fingerprint density at radius 3 is 2.43 bits per heavy atom. The quantitative estimate of drug-likeness (QED) is 0.660. The molecule has 2 aromatic rings. The zero-order valence-corrected chi connectivity index (χ0v) is 13.4. The number of rotatable bonds is 5. The van der Waals surface area contributed by atoms with Crippen LogP contribution in [0.4, 0.5) is 5.69 Å². The standard InChI is InChI=1S/C16H16BrNO3/c1-3-21-14-7-5-10(8-12(14)17)16(19)11-4-6-13(18)15(9-11)20-2/h4-9H,3,18H2,1-2H3. The fourth-order valence-corrected chi connectivity index (χ4v) is 2.43. The molecule has 4 nitrogen and oxygen atoms in total. The van der Waals surface area contributed by atoms with Crippen LogP contribution in [0.25, 0.3) is 0 Å². The molecule has 0 unspecified atom stereocenters. The lowest BCUT2D eigenvalue weighted by Gasteiger charge is -2.09. The lowest BCUT2D eigenvalue weighted by molar-refractivity contribution is 0.103. The van der Waals surface area contributed by atoms with Crippen molar-refractivity contribution in [1.82, 2.24) is 0 Å². The first-order valence-corrected chi connectivity index (χ1v) is 7.26. The molecule has 21 heavy (non-hydrogen) atoms. The van der Waals surface area contributed by atoms with E-state index < -0.39 is 0 Å². The average Bonchev–Trinajstić information content (AvgIpc) is 2.49. The summed E-state index contributed by atoms with van der Waals surface area (Å²) >= 11 is 3.41. The molecule has 0 atom stereocenters. The van der Waals surface area contributed by atoms with Crippen LogP contribution in [-0.4, -0.2) is 19.5 Å². The minimum Gasteiger partial charge on any atom is -0.495 e. The second-order valence-electron chi connectivity index (χ2n) is 4.36. The largest absolute Gasteiger partial charge is 0.495 e. The topological polar surface area (TPSA) is 61.5 Å². The van der Waals surface area contributed by atoms with Gasteiger partial charge in [0.1, 0.15) is 11.5 Å². The Morgan fingerprint density at radius 2 is 1.81 bits per heavy atom. The van der Waals surface area contributed by atoms with Crippen LogP contribution < -0.4 is 15.2 Å². The second-order valence-corrected chi connectivity index (χ2v) is 5.22. The Labute approximate surface area is 132 Å². The highest BCUT2D eigenvalue weighted by Gasteiger charge is 2.13. The maximum absolute atomic E-state index is 12.5. The summed E-state index contributed by atoms with van der Waals surface area (Å²) < 4.78 is 11.3. The van der Waals surface area contributed by atoms with Crippen LogP contribution in [0.3, 0.4) is 0 Å². The van der Waals surface area contributed by atoms with Crippen molar-refractivity contribution >= 4 is 27.4 Å². The van der Waals surface area contributed by atoms with Gasteiger partial charge in [-0.3, -0.25) is 4.79 Å². The van der Waals surface area contributed by atoms with E-state index in [1.165, 1.54) is 7.11 Å². The van der Waals surface area contributed by atoms with Gasteiger partial charge in [0.15, 0.2) is 5.78 Å². The summed E-state index contributed by atoms with van der Waals surface area (Å²) in [5.74, 6) is 1.10. The molecule has 2 N–H and O–H groups in total. The number of nitrogens with two attached hydrogens (primary N) is 1. The summed E-state index contributed by atoms with van der Waals surface area (Å²) in [6.45, 7) is 2.48. The number of hydrogen-bond donors (Lipinski definition) is 1. The molecule has 5 heteroatoms. The molecule has 0 bridgehead atoms. The summed E-state index contributed by atoms with van der Waals surface area (Å²) in [5.41, 5.74) is 7.35. The van der Waals surface area contributed by atoms with Crippen molar-refractivity contribution in [2.45, 2.75) is 6.92 Å². The normalized spacial score (nSPS) is 10.2. The summed E-state index contributed by atoms with van der Waals surface area (Å²) in [4.78, 5) is 12.5. The van der Waals surface area contributed by atoms with Crippen LogP contribution in [0.1, 0.15) is 22.8 Å². The van der Waals surface area contributed by atoms with Crippen molar-refractivity contribution in [1.29, 1.82) is 0 Å². The van der Waals surface area contributed by atoms with Crippen LogP contribution in [0, 0.1) is 0 Å². The Kier molecular flexibility index (Phi) is 4.85. The van der Waals surface area contributed by atoms with E-state index in [1.807, 2.05) is 6.92 Å². The lowest BCUT2D eigenvalue weighted by Crippen LogP contribution is -2.03. The zero-order valence-electron chi connectivity index (χ0n) is 11.9. The van der Waals surface area contributed by atoms with Gasteiger partial charge in [-0.1, -0.05) is 0 Å². The molecule has 2 rings (SSSR count). The Balaban J connectivity index is 2.34. The highest BCUT2D eigenvalue weighted by Crippen LogP contribution is 2.28. The van der Waals surface area contributed by atoms with Crippen molar-refractivity contribution in [3.05, 3.63) is 52.0 Å². The second kappa shape index (κ2) is 6.63. The van der Waals surface area contributed by atoms with Gasteiger partial charge in [0.25, 0.3) is 0 Å². The van der Waals surface area contributed by atoms with Crippen LogP contribution in [0.2, 0.25) is 0 Å². The van der Waals surface area contributed by atoms with Crippen LogP contribution in [0.15, 0.2) is 40.9 Å². The molecule has 0 heterocycles. The SMILES string of the molecule is CCOc1ccc(C(=O)c2ccc(N)c(OC)c2)cc1Br. The van der Waals surface area contributed by atoms with Crippen molar-refractivity contribution in [2.24, 2.45) is 0 Å². The smallest absolute Gasteiger partial charge is 0.193 e. The third-order valence-corrected chi connectivity index (χ3v) is 3.61. The summed E-state index contributed by atoms with van der Waals surface area (Å²) in [7, 11) is 1.52. The highest BCUT2D eigenvalue weighted by atomic mass is 79.9. The highest BCUT2D eigenvalue weighted by molar-refractivity contribution is 9.10. The molecule has 0 aliphatic rings. The zero-order chi connectivity index (χ0) is 15.4. The van der Waals surface area contributed by atoms with Gasteiger partial charge in [0.05, 0.1) is 23.9 Å². The third kappa shape index (κ3) is 3.36. The van der Waals surface area contributed by atoms with Gasteiger partial charge in [0.2, 0.25) is 0 Å². The number of benzene rings is 2. The van der Waals surface area contributed by atoms with Gasteiger partial charge in [-0.25, -0.2) is 0 Å². The molecule has 0 saturated heterocycles. The van der Waals surface area contributed by atoms with Gasteiger partial charge in [-0.05, 0) is 59.3 Å². The first kappa shape index (κ1) is 15.4. The molecule has 0 amide bonds. The van der Waals surface area contributed by atoms with E-state index in [2.05, 4.69) is 15.9 Å². The molecule has 0 radical (unpaired) electrons. The van der Waals surface area contributed by atoms with E-state index in [-0.39, 0.29) is 5.78 Å². The number of hydrogen-bond acceptors (Lipinski definition) is 4. The summed E-state index contributed by atoms with van der Waals surface area (Å²) in [5, 5.41) is 0. The van der Waals surface area contributed by atoms with E-state index in [1.54, 1.807) is 36.4 Å². The number of nitrogen functional groups attached to an aromatic ring is 1. The predicted molar refractivity (Wildman–Crippen MR) is 86.1 cm³/mol. The molecule has 0 aromatic heterocycles.